The molecule has 4 heterocycles. The fourth-order valence-corrected chi connectivity index (χ4v) is 7.77. The van der Waals surface area contributed by atoms with Gasteiger partial charge in [-0.15, -0.1) is 11.3 Å². The number of para-hydroxylation sites is 2. The summed E-state index contributed by atoms with van der Waals surface area (Å²) in [5.74, 6) is 1.62. The first kappa shape index (κ1) is 22.0. The summed E-state index contributed by atoms with van der Waals surface area (Å²) in [6.45, 7) is 2.11. The van der Waals surface area contributed by atoms with Gasteiger partial charge in [0.25, 0.3) is 0 Å². The van der Waals surface area contributed by atoms with Gasteiger partial charge in [0.1, 0.15) is 5.75 Å². The molecule has 0 radical (unpaired) electrons. The van der Waals surface area contributed by atoms with E-state index in [-0.39, 0.29) is 0 Å². The quantitative estimate of drug-likeness (QED) is 0.229. The molecule has 5 aromatic carbocycles. The monoisotopic (exact) mass is 533 g/mol. The molecular weight excluding hydrogens is 510 g/mol. The van der Waals surface area contributed by atoms with Crippen LogP contribution in [0, 0.1) is 0 Å². The van der Waals surface area contributed by atoms with Crippen LogP contribution >= 0.6 is 11.3 Å². The Morgan fingerprint density at radius 1 is 0.725 bits per heavy atom. The second kappa shape index (κ2) is 7.84. The molecule has 0 saturated heterocycles. The molecule has 0 bridgehead atoms. The number of fused-ring (bicyclic) bond motifs is 10. The fourth-order valence-electron chi connectivity index (χ4n) is 6.51. The van der Waals surface area contributed by atoms with Crippen molar-refractivity contribution in [3.63, 3.8) is 0 Å². The molecule has 1 atom stereocenters. The molecule has 4 nitrogen and oxygen atoms in total. The summed E-state index contributed by atoms with van der Waals surface area (Å²) in [7, 11) is 0. The van der Waals surface area contributed by atoms with Crippen molar-refractivity contribution < 1.29 is 4.74 Å². The van der Waals surface area contributed by atoms with Crippen molar-refractivity contribution in [1.29, 1.82) is 0 Å². The lowest BCUT2D eigenvalue weighted by atomic mass is 9.92. The number of benzene rings is 5. The number of thiophene rings is 1. The van der Waals surface area contributed by atoms with Gasteiger partial charge in [0.05, 0.1) is 22.3 Å². The molecule has 7 aromatic rings. The summed E-state index contributed by atoms with van der Waals surface area (Å²) < 4.78 is 11.5. The van der Waals surface area contributed by atoms with Crippen molar-refractivity contribution in [3.8, 4) is 5.75 Å². The van der Waals surface area contributed by atoms with E-state index in [1.54, 1.807) is 0 Å². The van der Waals surface area contributed by atoms with Crippen molar-refractivity contribution in [1.82, 2.24) is 9.88 Å². The first-order chi connectivity index (χ1) is 19.7. The van der Waals surface area contributed by atoms with Gasteiger partial charge in [-0.25, -0.2) is 4.99 Å². The molecule has 1 unspecified atom stereocenters. The van der Waals surface area contributed by atoms with E-state index in [1.807, 2.05) is 29.5 Å². The predicted molar refractivity (Wildman–Crippen MR) is 167 cm³/mol. The van der Waals surface area contributed by atoms with Crippen molar-refractivity contribution >= 4 is 70.5 Å². The van der Waals surface area contributed by atoms with E-state index in [0.717, 1.165) is 45.1 Å². The molecule has 0 amide bonds. The maximum Gasteiger partial charge on any atom is 0.211 e. The Bertz CT molecular complexity index is 2240. The third-order valence-electron chi connectivity index (χ3n) is 8.19. The highest BCUT2D eigenvalue weighted by molar-refractivity contribution is 7.26. The highest BCUT2D eigenvalue weighted by Crippen LogP contribution is 2.49. The van der Waals surface area contributed by atoms with E-state index >= 15 is 0 Å². The van der Waals surface area contributed by atoms with Gasteiger partial charge in [0, 0.05) is 42.1 Å². The summed E-state index contributed by atoms with van der Waals surface area (Å²) in [4.78, 5) is 5.38. The molecule has 40 heavy (non-hydrogen) atoms. The number of hydrogen-bond acceptors (Lipinski definition) is 4. The van der Waals surface area contributed by atoms with Crippen LogP contribution in [-0.4, -0.2) is 16.3 Å². The molecule has 0 fully saturated rings. The molecule has 9 rings (SSSR count). The first-order valence-corrected chi connectivity index (χ1v) is 14.3. The third kappa shape index (κ3) is 2.87. The standard InChI is InChI=1S/C35H23N3OS/c1-35-31(25-15-6-9-17-28(25)39-35)32(21-11-3-2-4-12-21)36-34(37-35)38-26-16-8-5-14-24(26)30-27(38)20-19-23-22-13-7-10-18-29(22)40-33(23)30/h2-20H,1H3,(H,36,37). The third-order valence-corrected chi connectivity index (χ3v) is 9.40. The van der Waals surface area contributed by atoms with Gasteiger partial charge in [-0.3, -0.25) is 4.57 Å². The molecule has 0 saturated carbocycles. The van der Waals surface area contributed by atoms with Crippen LogP contribution in [0.25, 0.3) is 53.2 Å². The second-order valence-corrected chi connectivity index (χ2v) is 11.6. The van der Waals surface area contributed by atoms with Crippen molar-refractivity contribution in [2.75, 3.05) is 0 Å². The highest BCUT2D eigenvalue weighted by Gasteiger charge is 2.46. The molecule has 190 valence electrons. The molecule has 2 aliphatic rings. The smallest absolute Gasteiger partial charge is 0.211 e. The van der Waals surface area contributed by atoms with Gasteiger partial charge < -0.3 is 10.1 Å². The van der Waals surface area contributed by atoms with Crippen LogP contribution in [0.1, 0.15) is 18.1 Å². The van der Waals surface area contributed by atoms with Gasteiger partial charge in [0.15, 0.2) is 0 Å². The summed E-state index contributed by atoms with van der Waals surface area (Å²) in [5, 5.41) is 8.81. The summed E-state index contributed by atoms with van der Waals surface area (Å²) in [5.41, 5.74) is 5.60. The Morgan fingerprint density at radius 3 is 2.38 bits per heavy atom. The Morgan fingerprint density at radius 2 is 1.48 bits per heavy atom. The van der Waals surface area contributed by atoms with Crippen LogP contribution in [-0.2, 0) is 0 Å². The zero-order valence-corrected chi connectivity index (χ0v) is 22.5. The van der Waals surface area contributed by atoms with Crippen molar-refractivity contribution in [2.45, 2.75) is 12.6 Å². The lowest BCUT2D eigenvalue weighted by Crippen LogP contribution is -2.53. The van der Waals surface area contributed by atoms with Crippen LogP contribution in [0.4, 0.5) is 0 Å². The Balaban J connectivity index is 1.38. The fraction of sp³-hybridized carbons (Fsp3) is 0.0571. The summed E-state index contributed by atoms with van der Waals surface area (Å²) in [6.07, 6.45) is 0. The van der Waals surface area contributed by atoms with Gasteiger partial charge >= 0.3 is 0 Å². The van der Waals surface area contributed by atoms with Crippen molar-refractivity contribution in [3.05, 3.63) is 126 Å². The number of rotatable bonds is 1. The molecule has 0 aliphatic carbocycles. The lowest BCUT2D eigenvalue weighted by Gasteiger charge is -2.34. The predicted octanol–water partition coefficient (Wildman–Crippen LogP) is 8.65. The minimum atomic E-state index is -0.772. The minimum absolute atomic E-state index is 0.754. The number of aromatic nitrogens is 1. The first-order valence-electron chi connectivity index (χ1n) is 13.5. The van der Waals surface area contributed by atoms with Gasteiger partial charge in [-0.2, -0.15) is 0 Å². The number of ether oxygens (including phenoxy) is 1. The average Bonchev–Trinajstić information content (AvgIpc) is 3.63. The van der Waals surface area contributed by atoms with Gasteiger partial charge in [0.2, 0.25) is 11.7 Å². The molecule has 2 aliphatic heterocycles. The Labute approximate surface area is 234 Å². The zero-order chi connectivity index (χ0) is 26.4. The Hall–Kier alpha value is -4.87. The highest BCUT2D eigenvalue weighted by atomic mass is 32.1. The number of hydrogen-bond donors (Lipinski definition) is 1. The zero-order valence-electron chi connectivity index (χ0n) is 21.7. The van der Waals surface area contributed by atoms with E-state index < -0.39 is 5.72 Å². The average molecular weight is 534 g/mol. The molecule has 2 aromatic heterocycles. The number of nitrogens with one attached hydrogen (secondary N) is 1. The SMILES string of the molecule is CC12NC(n3c4ccccc4c4c5sc6ccccc6c5ccc43)=NC(c3ccccc3)=C1c1ccccc1O2. The van der Waals surface area contributed by atoms with Crippen LogP contribution in [0.15, 0.2) is 120 Å². The van der Waals surface area contributed by atoms with E-state index in [4.69, 9.17) is 9.73 Å². The number of aliphatic imine (C=N–C) groups is 1. The lowest BCUT2D eigenvalue weighted by molar-refractivity contribution is 0.149. The van der Waals surface area contributed by atoms with E-state index in [0.29, 0.717) is 0 Å². The molecule has 0 spiro atoms. The number of nitrogens with zero attached hydrogens (tertiary/aromatic N) is 2. The Kier molecular flexibility index (Phi) is 4.31. The van der Waals surface area contributed by atoms with Crippen LogP contribution in [0.2, 0.25) is 0 Å². The van der Waals surface area contributed by atoms with Gasteiger partial charge in [-0.1, -0.05) is 91.0 Å². The van der Waals surface area contributed by atoms with Crippen LogP contribution in [0.3, 0.4) is 0 Å². The largest absolute Gasteiger partial charge is 0.463 e. The maximum atomic E-state index is 6.65. The van der Waals surface area contributed by atoms with E-state index in [1.165, 1.54) is 30.9 Å². The van der Waals surface area contributed by atoms with Crippen molar-refractivity contribution in [2.24, 2.45) is 4.99 Å². The molecule has 1 N–H and O–H groups in total. The van der Waals surface area contributed by atoms with Crippen LogP contribution < -0.4 is 10.1 Å². The van der Waals surface area contributed by atoms with Crippen LogP contribution in [0.5, 0.6) is 5.75 Å². The summed E-state index contributed by atoms with van der Waals surface area (Å²) in [6, 6.07) is 40.5. The second-order valence-electron chi connectivity index (χ2n) is 10.6. The molecule has 5 heteroatoms. The van der Waals surface area contributed by atoms with E-state index in [9.17, 15) is 0 Å². The minimum Gasteiger partial charge on any atom is -0.463 e. The van der Waals surface area contributed by atoms with E-state index in [2.05, 4.69) is 114 Å². The summed E-state index contributed by atoms with van der Waals surface area (Å²) >= 11 is 1.86. The normalized spacial score (nSPS) is 18.2. The molecular formula is C35H23N3OS. The van der Waals surface area contributed by atoms with Gasteiger partial charge in [-0.05, 0) is 31.2 Å². The topological polar surface area (TPSA) is 38.5 Å². The maximum absolute atomic E-state index is 6.65.